The van der Waals surface area contributed by atoms with E-state index in [9.17, 15) is 14.9 Å². The van der Waals surface area contributed by atoms with Crippen molar-refractivity contribution in [3.05, 3.63) is 104 Å². The van der Waals surface area contributed by atoms with Gasteiger partial charge in [-0.1, -0.05) is 79.3 Å². The van der Waals surface area contributed by atoms with Gasteiger partial charge in [0.05, 0.1) is 22.0 Å². The number of nitro groups is 1. The van der Waals surface area contributed by atoms with Crippen molar-refractivity contribution < 1.29 is 9.66 Å². The van der Waals surface area contributed by atoms with Gasteiger partial charge in [-0.05, 0) is 36.4 Å². The van der Waals surface area contributed by atoms with E-state index in [1.807, 2.05) is 38.1 Å². The number of benzene rings is 3. The topological polar surface area (TPSA) is 99.6 Å². The van der Waals surface area contributed by atoms with Gasteiger partial charge in [-0.15, -0.1) is 0 Å². The lowest BCUT2D eigenvalue weighted by molar-refractivity contribution is -0.385. The molecule has 0 amide bonds. The Labute approximate surface area is 241 Å². The van der Waals surface area contributed by atoms with Gasteiger partial charge in [0.15, 0.2) is 0 Å². The summed E-state index contributed by atoms with van der Waals surface area (Å²) in [5.74, 6) is 0.287. The first kappa shape index (κ1) is 27.4. The molecule has 4 rings (SSSR count). The molecule has 0 saturated carbocycles. The van der Waals surface area contributed by atoms with E-state index < -0.39 is 4.92 Å². The Morgan fingerprint density at radius 3 is 2.51 bits per heavy atom. The Morgan fingerprint density at radius 1 is 1.14 bits per heavy atom. The van der Waals surface area contributed by atoms with Crippen LogP contribution in [-0.2, 0) is 6.61 Å². The molecule has 12 heteroatoms. The molecule has 0 bridgehead atoms. The number of halogens is 4. The van der Waals surface area contributed by atoms with E-state index in [0.717, 1.165) is 19.0 Å². The van der Waals surface area contributed by atoms with Crippen LogP contribution in [0.5, 0.6) is 5.75 Å². The third-order valence-corrected chi connectivity index (χ3v) is 7.25. The lowest BCUT2D eigenvalue weighted by Crippen LogP contribution is -2.23. The second-order valence-electron chi connectivity index (χ2n) is 8.27. The van der Waals surface area contributed by atoms with Crippen LogP contribution in [0.15, 0.2) is 71.8 Å². The Morgan fingerprint density at radius 2 is 1.84 bits per heavy atom. The first-order valence-electron chi connectivity index (χ1n) is 10.9. The monoisotopic (exact) mass is 710 g/mol. The molecule has 37 heavy (non-hydrogen) atoms. The highest BCUT2D eigenvalue weighted by Gasteiger charge is 2.22. The fraction of sp³-hybridized carbons (Fsp3) is 0.160. The molecule has 0 aliphatic carbocycles. The van der Waals surface area contributed by atoms with Crippen molar-refractivity contribution in [2.75, 3.05) is 0 Å². The lowest BCUT2D eigenvalue weighted by atomic mass is 10.1. The molecule has 0 fully saturated rings. The van der Waals surface area contributed by atoms with Gasteiger partial charge in [0.25, 0.3) is 5.56 Å². The molecule has 0 aliphatic heterocycles. The van der Waals surface area contributed by atoms with E-state index in [1.54, 1.807) is 12.1 Å². The van der Waals surface area contributed by atoms with Crippen LogP contribution in [0, 0.1) is 10.1 Å². The number of nitrogens with zero attached hydrogens (tertiary/aromatic N) is 4. The van der Waals surface area contributed by atoms with Gasteiger partial charge in [-0.25, -0.2) is 4.98 Å². The van der Waals surface area contributed by atoms with Gasteiger partial charge in [-0.3, -0.25) is 14.9 Å². The summed E-state index contributed by atoms with van der Waals surface area (Å²) in [5, 5.41) is 16.7. The lowest BCUT2D eigenvalue weighted by Gasteiger charge is -2.13. The highest BCUT2D eigenvalue weighted by Crippen LogP contribution is 2.35. The number of ether oxygens (including phenoxy) is 1. The second kappa shape index (κ2) is 11.4. The zero-order valence-corrected chi connectivity index (χ0v) is 24.9. The summed E-state index contributed by atoms with van der Waals surface area (Å²) < 4.78 is 9.50. The van der Waals surface area contributed by atoms with Crippen molar-refractivity contribution >= 4 is 82.2 Å². The minimum absolute atomic E-state index is 0.0244. The minimum atomic E-state index is -0.573. The summed E-state index contributed by atoms with van der Waals surface area (Å²) in [7, 11) is 0. The van der Waals surface area contributed by atoms with Gasteiger partial charge in [-0.2, -0.15) is 9.78 Å². The summed E-state index contributed by atoms with van der Waals surface area (Å²) in [6.07, 6.45) is 1.32. The zero-order chi connectivity index (χ0) is 26.9. The molecule has 1 aromatic heterocycles. The average molecular weight is 714 g/mol. The van der Waals surface area contributed by atoms with Gasteiger partial charge in [0.2, 0.25) is 5.75 Å². The van der Waals surface area contributed by atoms with Crippen molar-refractivity contribution in [3.8, 4) is 5.75 Å². The van der Waals surface area contributed by atoms with E-state index in [1.165, 1.54) is 23.0 Å². The maximum Gasteiger partial charge on any atom is 0.313 e. The predicted molar refractivity (Wildman–Crippen MR) is 155 cm³/mol. The standard InChI is InChI=1S/C25H18Br3ClN4O4/c1-13(2)24-31-21-6-5-16(26)8-19(21)25(34)32(24)30-11-15-7-18(29)10-22(33(35)36)23(15)37-12-14-3-4-17(27)9-20(14)28/h3-11,13H,12H2,1-2H3. The Bertz CT molecular complexity index is 1620. The molecule has 0 saturated heterocycles. The van der Waals surface area contributed by atoms with E-state index in [2.05, 4.69) is 57.9 Å². The van der Waals surface area contributed by atoms with Crippen LogP contribution in [0.2, 0.25) is 5.02 Å². The number of fused-ring (bicyclic) bond motifs is 1. The molecule has 0 unspecified atom stereocenters. The van der Waals surface area contributed by atoms with Crippen molar-refractivity contribution in [1.82, 2.24) is 9.66 Å². The Hall–Kier alpha value is -2.60. The Kier molecular flexibility index (Phi) is 8.47. The SMILES string of the molecule is CC(C)c1nc2ccc(Br)cc2c(=O)n1N=Cc1cc(Cl)cc([N+](=O)[O-])c1OCc1ccc(Br)cc1Br. The van der Waals surface area contributed by atoms with E-state index >= 15 is 0 Å². The number of hydrogen-bond donors (Lipinski definition) is 0. The second-order valence-corrected chi connectivity index (χ2v) is 11.4. The van der Waals surface area contributed by atoms with E-state index in [4.69, 9.17) is 16.3 Å². The maximum atomic E-state index is 13.3. The van der Waals surface area contributed by atoms with Crippen molar-refractivity contribution in [2.45, 2.75) is 26.4 Å². The highest BCUT2D eigenvalue weighted by atomic mass is 79.9. The maximum absolute atomic E-state index is 13.3. The molecule has 190 valence electrons. The zero-order valence-electron chi connectivity index (χ0n) is 19.4. The van der Waals surface area contributed by atoms with Crippen molar-refractivity contribution in [3.63, 3.8) is 0 Å². The van der Waals surface area contributed by atoms with E-state index in [0.29, 0.717) is 16.7 Å². The summed E-state index contributed by atoms with van der Waals surface area (Å²) in [4.78, 5) is 29.2. The molecule has 0 radical (unpaired) electrons. The van der Waals surface area contributed by atoms with Gasteiger partial charge >= 0.3 is 5.69 Å². The third kappa shape index (κ3) is 6.11. The smallest absolute Gasteiger partial charge is 0.313 e. The summed E-state index contributed by atoms with van der Waals surface area (Å²) in [6, 6.07) is 13.5. The molecule has 1 heterocycles. The molecule has 0 N–H and O–H groups in total. The first-order chi connectivity index (χ1) is 17.5. The average Bonchev–Trinajstić information content (AvgIpc) is 2.83. The van der Waals surface area contributed by atoms with Crippen LogP contribution in [0.4, 0.5) is 5.69 Å². The molecule has 0 atom stereocenters. The molecule has 4 aromatic rings. The summed E-state index contributed by atoms with van der Waals surface area (Å²) >= 11 is 16.5. The van der Waals surface area contributed by atoms with Gasteiger partial charge in [0.1, 0.15) is 12.4 Å². The number of hydrogen-bond acceptors (Lipinski definition) is 6. The molecule has 3 aromatic carbocycles. The molecule has 8 nitrogen and oxygen atoms in total. The quantitative estimate of drug-likeness (QED) is 0.111. The highest BCUT2D eigenvalue weighted by molar-refractivity contribution is 9.11. The number of aromatic nitrogens is 2. The largest absolute Gasteiger partial charge is 0.481 e. The molecule has 0 aliphatic rings. The fourth-order valence-electron chi connectivity index (χ4n) is 3.55. The summed E-state index contributed by atoms with van der Waals surface area (Å²) in [6.45, 7) is 3.83. The van der Waals surface area contributed by atoms with Gasteiger partial charge < -0.3 is 4.74 Å². The van der Waals surface area contributed by atoms with Crippen LogP contribution in [0.1, 0.15) is 36.7 Å². The van der Waals surface area contributed by atoms with Crippen LogP contribution in [0.25, 0.3) is 10.9 Å². The molecular formula is C25H18Br3ClN4O4. The Balaban J connectivity index is 1.83. The fourth-order valence-corrected chi connectivity index (χ4v) is 5.29. The molecular weight excluding hydrogens is 695 g/mol. The van der Waals surface area contributed by atoms with Gasteiger partial charge in [0, 0.05) is 41.6 Å². The molecule has 0 spiro atoms. The van der Waals surface area contributed by atoms with Crippen LogP contribution in [0.3, 0.4) is 0 Å². The van der Waals surface area contributed by atoms with E-state index in [-0.39, 0.29) is 40.1 Å². The van der Waals surface area contributed by atoms with Crippen molar-refractivity contribution in [2.24, 2.45) is 5.10 Å². The van der Waals surface area contributed by atoms with Crippen LogP contribution < -0.4 is 10.3 Å². The van der Waals surface area contributed by atoms with Crippen molar-refractivity contribution in [1.29, 1.82) is 0 Å². The first-order valence-corrected chi connectivity index (χ1v) is 13.6. The minimum Gasteiger partial charge on any atom is -0.481 e. The predicted octanol–water partition coefficient (Wildman–Crippen LogP) is 7.83. The number of rotatable bonds is 7. The summed E-state index contributed by atoms with van der Waals surface area (Å²) in [5.41, 5.74) is 0.871. The normalized spacial score (nSPS) is 11.5. The van der Waals surface area contributed by atoms with Crippen LogP contribution >= 0.6 is 59.4 Å². The van der Waals surface area contributed by atoms with Crippen LogP contribution in [-0.4, -0.2) is 20.8 Å². The third-order valence-electron chi connectivity index (χ3n) is 5.31. The number of nitro benzene ring substituents is 1.